The zero-order chi connectivity index (χ0) is 47.3. The van der Waals surface area contributed by atoms with Crippen molar-refractivity contribution >= 4 is 19.7 Å². The minimum Gasteiger partial charge on any atom is -0.756 e. The third-order valence-corrected chi connectivity index (χ3v) is 11.9. The summed E-state index contributed by atoms with van der Waals surface area (Å²) in [4.78, 5) is 39.6. The SMILES string of the molecule is CC/C=C/C/C=C/C/C=C/C/C=C/C/C=C/CCC(=O)NC(COP(=O)([O-])OCC[N+](C)(C)C)C(/C=C\CCCCCCCCCCC)OC(=O)CCCCCCCCCCCCC. The number of nitrogens with one attached hydrogen (secondary N) is 1. The summed E-state index contributed by atoms with van der Waals surface area (Å²) in [7, 11) is 1.13. The van der Waals surface area contributed by atoms with E-state index in [4.69, 9.17) is 13.8 Å². The van der Waals surface area contributed by atoms with Gasteiger partial charge in [-0.1, -0.05) is 203 Å². The molecule has 1 N–H and O–H groups in total. The van der Waals surface area contributed by atoms with Crippen LogP contribution in [-0.2, 0) is 27.9 Å². The van der Waals surface area contributed by atoms with Crippen LogP contribution < -0.4 is 10.2 Å². The fraction of sp³-hybridized carbons (Fsp3) is 0.741. The molecule has 0 radical (unpaired) electrons. The summed E-state index contributed by atoms with van der Waals surface area (Å²) in [5.74, 6) is -0.643. The maximum absolute atomic E-state index is 13.4. The van der Waals surface area contributed by atoms with Crippen molar-refractivity contribution in [2.75, 3.05) is 40.9 Å². The first-order valence-corrected chi connectivity index (χ1v) is 27.2. The van der Waals surface area contributed by atoms with Gasteiger partial charge in [-0.3, -0.25) is 14.2 Å². The van der Waals surface area contributed by atoms with E-state index in [1.165, 1.54) is 96.3 Å². The zero-order valence-electron chi connectivity index (χ0n) is 42.0. The molecule has 0 saturated heterocycles. The first-order valence-electron chi connectivity index (χ1n) is 25.7. The second-order valence-electron chi connectivity index (χ2n) is 18.3. The number of unbranched alkanes of at least 4 members (excludes halogenated alkanes) is 19. The van der Waals surface area contributed by atoms with Crippen LogP contribution in [0.3, 0.4) is 0 Å². The summed E-state index contributed by atoms with van der Waals surface area (Å²) in [6.45, 7) is 6.63. The van der Waals surface area contributed by atoms with Crippen LogP contribution in [0.15, 0.2) is 72.9 Å². The maximum atomic E-state index is 13.4. The highest BCUT2D eigenvalue weighted by molar-refractivity contribution is 7.45. The van der Waals surface area contributed by atoms with Gasteiger partial charge in [0.2, 0.25) is 5.91 Å². The largest absolute Gasteiger partial charge is 0.756 e. The molecule has 0 saturated carbocycles. The quantitative estimate of drug-likeness (QED) is 0.0213. The fourth-order valence-electron chi connectivity index (χ4n) is 6.92. The molecule has 0 aliphatic carbocycles. The van der Waals surface area contributed by atoms with Gasteiger partial charge in [0.15, 0.2) is 0 Å². The lowest BCUT2D eigenvalue weighted by atomic mass is 10.1. The summed E-state index contributed by atoms with van der Waals surface area (Å²) in [6.07, 6.45) is 54.6. The Kier molecular flexibility index (Phi) is 42.5. The van der Waals surface area contributed by atoms with Crippen LogP contribution in [0.1, 0.15) is 207 Å². The number of amides is 1. The number of phosphoric ester groups is 1. The molecule has 10 heteroatoms. The Bertz CT molecular complexity index is 1330. The minimum absolute atomic E-state index is 0.0371. The zero-order valence-corrected chi connectivity index (χ0v) is 42.9. The Morgan fingerprint density at radius 1 is 0.562 bits per heavy atom. The molecule has 0 aliphatic rings. The molecule has 0 bridgehead atoms. The Hall–Kier alpha value is -2.55. The lowest BCUT2D eigenvalue weighted by molar-refractivity contribution is -0.870. The van der Waals surface area contributed by atoms with E-state index in [0.29, 0.717) is 17.4 Å². The first kappa shape index (κ1) is 61.5. The molecule has 0 rings (SSSR count). The maximum Gasteiger partial charge on any atom is 0.306 e. The number of nitrogens with zero attached hydrogens (tertiary/aromatic N) is 1. The molecule has 0 aromatic rings. The topological polar surface area (TPSA) is 114 Å². The van der Waals surface area contributed by atoms with Gasteiger partial charge in [-0.15, -0.1) is 0 Å². The number of quaternary nitrogens is 1. The monoisotopic (exact) mass is 917 g/mol. The van der Waals surface area contributed by atoms with Crippen LogP contribution >= 0.6 is 7.82 Å². The van der Waals surface area contributed by atoms with E-state index in [0.717, 1.165) is 70.6 Å². The van der Waals surface area contributed by atoms with Crippen molar-refractivity contribution in [3.63, 3.8) is 0 Å². The standard InChI is InChI=1S/C54H97N2O7P/c1-7-10-13-16-19-22-25-26-27-28-29-32-34-37-40-43-46-53(57)55-51(50-62-64(59,60)61-49-48-56(4,5)6)52(45-42-39-36-33-30-23-20-17-14-11-8-2)63-54(58)47-44-41-38-35-31-24-21-18-15-12-9-3/h10,13,19,22,26-27,29,32,37,40,42,45,51-52H,7-9,11-12,14-18,20-21,23-25,28,30-31,33-36,38-39,41,43-44,46-50H2,1-6H3,(H-,55,57,59,60)/b13-10+,22-19+,27-26+,32-29+,40-37+,45-42-. The highest BCUT2D eigenvalue weighted by Gasteiger charge is 2.27. The van der Waals surface area contributed by atoms with Gasteiger partial charge in [0, 0.05) is 12.8 Å². The van der Waals surface area contributed by atoms with Gasteiger partial charge in [-0.05, 0) is 63.9 Å². The molecule has 3 unspecified atom stereocenters. The number of hydrogen-bond acceptors (Lipinski definition) is 7. The van der Waals surface area contributed by atoms with Gasteiger partial charge >= 0.3 is 5.97 Å². The second kappa shape index (κ2) is 44.3. The molecule has 3 atom stereocenters. The molecule has 1 amide bonds. The Balaban J connectivity index is 5.53. The summed E-state index contributed by atoms with van der Waals surface area (Å²) in [5.41, 5.74) is 0. The van der Waals surface area contributed by atoms with Crippen molar-refractivity contribution in [3.05, 3.63) is 72.9 Å². The van der Waals surface area contributed by atoms with Gasteiger partial charge in [0.1, 0.15) is 19.3 Å². The predicted molar refractivity (Wildman–Crippen MR) is 270 cm³/mol. The number of hydrogen-bond donors (Lipinski definition) is 1. The molecule has 0 aromatic heterocycles. The van der Waals surface area contributed by atoms with Gasteiger partial charge in [0.05, 0.1) is 33.8 Å². The third-order valence-electron chi connectivity index (χ3n) is 10.9. The van der Waals surface area contributed by atoms with Crippen molar-refractivity contribution in [1.82, 2.24) is 5.32 Å². The van der Waals surface area contributed by atoms with E-state index in [9.17, 15) is 19.0 Å². The van der Waals surface area contributed by atoms with Crippen molar-refractivity contribution in [2.24, 2.45) is 0 Å². The highest BCUT2D eigenvalue weighted by Crippen LogP contribution is 2.38. The van der Waals surface area contributed by atoms with Crippen LogP contribution in [0.2, 0.25) is 0 Å². The number of phosphoric acid groups is 1. The Morgan fingerprint density at radius 2 is 1.02 bits per heavy atom. The summed E-state index contributed by atoms with van der Waals surface area (Å²) in [5, 5.41) is 2.95. The van der Waals surface area contributed by atoms with Crippen LogP contribution in [0.4, 0.5) is 0 Å². The first-order chi connectivity index (χ1) is 30.9. The van der Waals surface area contributed by atoms with E-state index >= 15 is 0 Å². The smallest absolute Gasteiger partial charge is 0.306 e. The van der Waals surface area contributed by atoms with Crippen LogP contribution in [0.5, 0.6) is 0 Å². The molecule has 370 valence electrons. The van der Waals surface area contributed by atoms with E-state index < -0.39 is 26.6 Å². The molecule has 0 spiro atoms. The summed E-state index contributed by atoms with van der Waals surface area (Å²) < 4.78 is 30.0. The van der Waals surface area contributed by atoms with E-state index in [-0.39, 0.29) is 31.3 Å². The van der Waals surface area contributed by atoms with Gasteiger partial charge in [-0.25, -0.2) is 0 Å². The number of carbonyl (C=O) groups excluding carboxylic acids is 2. The second-order valence-corrected chi connectivity index (χ2v) is 19.7. The van der Waals surface area contributed by atoms with Gasteiger partial charge in [0.25, 0.3) is 7.82 Å². The van der Waals surface area contributed by atoms with Crippen LogP contribution in [-0.4, -0.2) is 69.4 Å². The van der Waals surface area contributed by atoms with Crippen molar-refractivity contribution < 1.29 is 37.3 Å². The van der Waals surface area contributed by atoms with Crippen LogP contribution in [0, 0.1) is 0 Å². The molecular weight excluding hydrogens is 820 g/mol. The number of rotatable bonds is 45. The number of carbonyl (C=O) groups is 2. The summed E-state index contributed by atoms with van der Waals surface area (Å²) >= 11 is 0. The fourth-order valence-corrected chi connectivity index (χ4v) is 7.64. The molecule has 0 heterocycles. The molecule has 0 aromatic carbocycles. The summed E-state index contributed by atoms with van der Waals surface area (Å²) in [6, 6.07) is -0.925. The minimum atomic E-state index is -4.71. The van der Waals surface area contributed by atoms with Gasteiger partial charge in [-0.2, -0.15) is 0 Å². The lowest BCUT2D eigenvalue weighted by Crippen LogP contribution is -2.47. The van der Waals surface area contributed by atoms with E-state index in [2.05, 4.69) is 74.7 Å². The number of allylic oxidation sites excluding steroid dienone is 11. The van der Waals surface area contributed by atoms with E-state index in [1.54, 1.807) is 6.08 Å². The van der Waals surface area contributed by atoms with E-state index in [1.807, 2.05) is 39.4 Å². The number of ether oxygens (including phenoxy) is 1. The molecule has 0 aliphatic heterocycles. The predicted octanol–water partition coefficient (Wildman–Crippen LogP) is 14.3. The lowest BCUT2D eigenvalue weighted by Gasteiger charge is -2.30. The average molecular weight is 917 g/mol. The highest BCUT2D eigenvalue weighted by atomic mass is 31.2. The average Bonchev–Trinajstić information content (AvgIpc) is 3.25. The van der Waals surface area contributed by atoms with Crippen LogP contribution in [0.25, 0.3) is 0 Å². The van der Waals surface area contributed by atoms with Crippen molar-refractivity contribution in [1.29, 1.82) is 0 Å². The van der Waals surface area contributed by atoms with Crippen molar-refractivity contribution in [3.8, 4) is 0 Å². The normalized spacial score (nSPS) is 14.5. The molecule has 9 nitrogen and oxygen atoms in total. The Labute approximate surface area is 393 Å². The number of esters is 1. The van der Waals surface area contributed by atoms with Gasteiger partial charge < -0.3 is 28.5 Å². The third kappa shape index (κ3) is 44.6. The molecule has 0 fully saturated rings. The van der Waals surface area contributed by atoms with Crippen molar-refractivity contribution in [2.45, 2.75) is 219 Å². The Morgan fingerprint density at radius 3 is 1.50 bits per heavy atom. The molecule has 64 heavy (non-hydrogen) atoms. The molecular formula is C54H97N2O7P. The number of likely N-dealkylation sites (N-methyl/N-ethyl adjacent to an activating group) is 1.